The molecule has 2 N–H and O–H groups in total. The van der Waals surface area contributed by atoms with Crippen LogP contribution in [0.1, 0.15) is 17.9 Å². The Morgan fingerprint density at radius 3 is 3.00 bits per heavy atom. The summed E-state index contributed by atoms with van der Waals surface area (Å²) in [6.07, 6.45) is 7.08. The first-order valence-corrected chi connectivity index (χ1v) is 7.95. The Balaban J connectivity index is 1.85. The Bertz CT molecular complexity index is 614. The maximum atomic E-state index is 6.04. The molecule has 22 heavy (non-hydrogen) atoms. The van der Waals surface area contributed by atoms with Crippen LogP contribution in [0.3, 0.4) is 0 Å². The molecule has 0 spiro atoms. The first-order chi connectivity index (χ1) is 10.6. The van der Waals surface area contributed by atoms with Gasteiger partial charge in [-0.15, -0.1) is 0 Å². The molecule has 0 fully saturated rings. The van der Waals surface area contributed by atoms with E-state index in [4.69, 9.17) is 22.1 Å². The van der Waals surface area contributed by atoms with Gasteiger partial charge in [-0.2, -0.15) is 0 Å². The van der Waals surface area contributed by atoms with Crippen LogP contribution in [0.2, 0.25) is 0 Å². The highest BCUT2D eigenvalue weighted by Crippen LogP contribution is 2.36. The Labute approximate surface area is 136 Å². The van der Waals surface area contributed by atoms with Gasteiger partial charge in [0.1, 0.15) is 11.9 Å². The second kappa shape index (κ2) is 6.23. The number of nitrogens with zero attached hydrogens (tertiary/aromatic N) is 2. The monoisotopic (exact) mass is 319 g/mol. The number of hydrogen-bond donors (Lipinski definition) is 1. The third-order valence-electron chi connectivity index (χ3n) is 4.42. The second-order valence-corrected chi connectivity index (χ2v) is 6.29. The maximum absolute atomic E-state index is 6.04. The van der Waals surface area contributed by atoms with Crippen LogP contribution in [0, 0.1) is 0 Å². The van der Waals surface area contributed by atoms with Gasteiger partial charge in [0, 0.05) is 38.0 Å². The molecule has 5 heteroatoms. The van der Waals surface area contributed by atoms with Crippen molar-refractivity contribution >= 4 is 17.3 Å². The van der Waals surface area contributed by atoms with Gasteiger partial charge in [0.15, 0.2) is 0 Å². The summed E-state index contributed by atoms with van der Waals surface area (Å²) in [6, 6.07) is 6.39. The van der Waals surface area contributed by atoms with E-state index in [9.17, 15) is 0 Å². The highest BCUT2D eigenvalue weighted by atomic mass is 35.5. The Hall–Kier alpha value is -1.65. The van der Waals surface area contributed by atoms with Crippen LogP contribution in [-0.4, -0.2) is 38.3 Å². The number of hydrogen-bond acceptors (Lipinski definition) is 4. The maximum Gasteiger partial charge on any atom is 0.124 e. The van der Waals surface area contributed by atoms with Gasteiger partial charge in [0.2, 0.25) is 0 Å². The van der Waals surface area contributed by atoms with Crippen molar-refractivity contribution in [2.24, 2.45) is 5.73 Å². The molecule has 2 aliphatic heterocycles. The number of likely N-dealkylation sites (N-methyl/N-ethyl adjacent to an activating group) is 2. The van der Waals surface area contributed by atoms with Crippen LogP contribution >= 0.6 is 11.6 Å². The topological polar surface area (TPSA) is 41.7 Å². The van der Waals surface area contributed by atoms with Crippen LogP contribution in [0.4, 0.5) is 5.69 Å². The second-order valence-electron chi connectivity index (χ2n) is 5.85. The first-order valence-electron chi connectivity index (χ1n) is 7.57. The first kappa shape index (κ1) is 15.3. The van der Waals surface area contributed by atoms with Crippen LogP contribution in [-0.2, 0) is 0 Å². The van der Waals surface area contributed by atoms with Crippen LogP contribution in [0.15, 0.2) is 41.6 Å². The molecule has 4 nitrogen and oxygen atoms in total. The molecule has 118 valence electrons. The van der Waals surface area contributed by atoms with Crippen molar-refractivity contribution in [2.45, 2.75) is 18.5 Å². The third-order valence-corrected chi connectivity index (χ3v) is 4.64. The Morgan fingerprint density at radius 2 is 2.27 bits per heavy atom. The number of rotatable bonds is 3. The fourth-order valence-corrected chi connectivity index (χ4v) is 3.33. The number of anilines is 1. The molecule has 0 radical (unpaired) electrons. The van der Waals surface area contributed by atoms with Gasteiger partial charge in [-0.05, 0) is 36.7 Å². The van der Waals surface area contributed by atoms with Gasteiger partial charge >= 0.3 is 0 Å². The van der Waals surface area contributed by atoms with Gasteiger partial charge in [0.05, 0.1) is 11.6 Å². The number of halogens is 1. The summed E-state index contributed by atoms with van der Waals surface area (Å²) in [4.78, 5) is 4.29. The molecule has 1 unspecified atom stereocenters. The van der Waals surface area contributed by atoms with Crippen molar-refractivity contribution in [3.05, 3.63) is 47.1 Å². The number of allylic oxidation sites excluding steroid dienone is 2. The minimum absolute atomic E-state index is 0.134. The summed E-state index contributed by atoms with van der Waals surface area (Å²) in [5, 5.41) is 0.742. The largest absolute Gasteiger partial charge is 0.493 e. The minimum Gasteiger partial charge on any atom is -0.493 e. The fourth-order valence-electron chi connectivity index (χ4n) is 3.10. The smallest absolute Gasteiger partial charge is 0.124 e. The lowest BCUT2D eigenvalue weighted by atomic mass is 9.93. The van der Waals surface area contributed by atoms with Crippen molar-refractivity contribution in [1.29, 1.82) is 0 Å². The zero-order valence-corrected chi connectivity index (χ0v) is 13.8. The van der Waals surface area contributed by atoms with E-state index in [0.29, 0.717) is 12.5 Å². The van der Waals surface area contributed by atoms with E-state index in [-0.39, 0.29) is 6.17 Å². The number of nitrogens with two attached hydrogens (primary N) is 1. The zero-order chi connectivity index (χ0) is 15.7. The quantitative estimate of drug-likeness (QED) is 0.930. The van der Waals surface area contributed by atoms with E-state index in [1.807, 2.05) is 19.3 Å². The summed E-state index contributed by atoms with van der Waals surface area (Å²) in [5.74, 6) is 1.36. The normalized spacial score (nSPS) is 23.6. The molecule has 0 aromatic heterocycles. The standard InChI is InChI=1S/C17H22ClN3O/c1-20-11-13(18)3-6-17(20)21(2)14-4-5-15-12(10-19)7-8-22-16(15)9-14/h3-6,9,11-12,17H,7-8,10,19H2,1-2H3/t12-,17?/m0/s1. The summed E-state index contributed by atoms with van der Waals surface area (Å²) in [7, 11) is 4.09. The third kappa shape index (κ3) is 2.81. The average molecular weight is 320 g/mol. The molecule has 3 rings (SSSR count). The van der Waals surface area contributed by atoms with Crippen LogP contribution < -0.4 is 15.4 Å². The van der Waals surface area contributed by atoms with Crippen molar-refractivity contribution in [3.8, 4) is 5.75 Å². The molecule has 0 amide bonds. The predicted octanol–water partition coefficient (Wildman–Crippen LogP) is 2.86. The van der Waals surface area contributed by atoms with Crippen LogP contribution in [0.25, 0.3) is 0 Å². The zero-order valence-electron chi connectivity index (χ0n) is 13.0. The summed E-state index contributed by atoms with van der Waals surface area (Å²) in [5.41, 5.74) is 8.20. The Kier molecular flexibility index (Phi) is 4.32. The lowest BCUT2D eigenvalue weighted by Crippen LogP contribution is -2.42. The highest BCUT2D eigenvalue weighted by Gasteiger charge is 2.23. The molecule has 0 saturated heterocycles. The molecular weight excluding hydrogens is 298 g/mol. The molecule has 1 aromatic carbocycles. The molecule has 2 atom stereocenters. The Morgan fingerprint density at radius 1 is 1.45 bits per heavy atom. The molecule has 2 aliphatic rings. The summed E-state index contributed by atoms with van der Waals surface area (Å²) >= 11 is 6.04. The lowest BCUT2D eigenvalue weighted by Gasteiger charge is -2.36. The van der Waals surface area contributed by atoms with E-state index < -0.39 is 0 Å². The SMILES string of the molecule is CN1C=C(Cl)C=CC1N(C)c1ccc2c(c1)OCC[C@H]2CN. The molecule has 1 aromatic rings. The minimum atomic E-state index is 0.134. The lowest BCUT2D eigenvalue weighted by molar-refractivity contribution is 0.268. The number of fused-ring (bicyclic) bond motifs is 1. The van der Waals surface area contributed by atoms with E-state index in [1.54, 1.807) is 0 Å². The fraction of sp³-hybridized carbons (Fsp3) is 0.412. The van der Waals surface area contributed by atoms with Gasteiger partial charge < -0.3 is 20.3 Å². The van der Waals surface area contributed by atoms with Crippen molar-refractivity contribution < 1.29 is 4.74 Å². The predicted molar refractivity (Wildman–Crippen MR) is 91.4 cm³/mol. The molecule has 0 bridgehead atoms. The summed E-state index contributed by atoms with van der Waals surface area (Å²) < 4.78 is 5.83. The highest BCUT2D eigenvalue weighted by molar-refractivity contribution is 6.31. The average Bonchev–Trinajstić information content (AvgIpc) is 2.53. The summed E-state index contributed by atoms with van der Waals surface area (Å²) in [6.45, 7) is 1.41. The van der Waals surface area contributed by atoms with E-state index >= 15 is 0 Å². The van der Waals surface area contributed by atoms with Gasteiger partial charge in [-0.3, -0.25) is 0 Å². The van der Waals surface area contributed by atoms with Crippen molar-refractivity contribution in [2.75, 3.05) is 32.1 Å². The molecule has 2 heterocycles. The van der Waals surface area contributed by atoms with Crippen molar-refractivity contribution in [1.82, 2.24) is 4.90 Å². The van der Waals surface area contributed by atoms with E-state index in [1.165, 1.54) is 5.56 Å². The molecule has 0 aliphatic carbocycles. The van der Waals surface area contributed by atoms with E-state index in [2.05, 4.69) is 41.1 Å². The van der Waals surface area contributed by atoms with Crippen molar-refractivity contribution in [3.63, 3.8) is 0 Å². The van der Waals surface area contributed by atoms with Gasteiger partial charge in [0.25, 0.3) is 0 Å². The molecule has 0 saturated carbocycles. The van der Waals surface area contributed by atoms with Gasteiger partial charge in [-0.25, -0.2) is 0 Å². The van der Waals surface area contributed by atoms with E-state index in [0.717, 1.165) is 29.5 Å². The number of ether oxygens (including phenoxy) is 1. The van der Waals surface area contributed by atoms with Gasteiger partial charge in [-0.1, -0.05) is 17.7 Å². The molecular formula is C17H22ClN3O. The van der Waals surface area contributed by atoms with Crippen LogP contribution in [0.5, 0.6) is 5.75 Å². The number of benzene rings is 1.